The number of nitro groups is 1. The first-order valence-electron chi connectivity index (χ1n) is 3.96. The molecule has 84 valence electrons. The monoisotopic (exact) mass is 291 g/mol. The minimum Gasteiger partial charge on any atom is -0.258 e. The molecule has 1 heterocycles. The van der Waals surface area contributed by atoms with Crippen molar-refractivity contribution in [2.45, 2.75) is 12.8 Å². The summed E-state index contributed by atoms with van der Waals surface area (Å²) in [4.78, 5) is 13.3. The lowest BCUT2D eigenvalue weighted by molar-refractivity contribution is -0.386. The van der Waals surface area contributed by atoms with Gasteiger partial charge >= 0.3 is 5.69 Å². The normalized spacial score (nSPS) is 10.2. The van der Waals surface area contributed by atoms with Crippen molar-refractivity contribution in [3.8, 4) is 6.07 Å². The maximum atomic E-state index is 12.4. The van der Waals surface area contributed by atoms with Crippen LogP contribution in [0.15, 0.2) is 10.5 Å². The van der Waals surface area contributed by atoms with E-state index in [2.05, 4.69) is 20.9 Å². The second kappa shape index (κ2) is 4.94. The highest BCUT2D eigenvalue weighted by atomic mass is 79.9. The van der Waals surface area contributed by atoms with E-state index in [1.807, 2.05) is 0 Å². The molecule has 0 N–H and O–H groups in total. The molecule has 1 aromatic heterocycles. The van der Waals surface area contributed by atoms with Gasteiger partial charge in [0.1, 0.15) is 11.4 Å². The first-order valence-corrected chi connectivity index (χ1v) is 4.75. The van der Waals surface area contributed by atoms with E-state index in [0.717, 1.165) is 6.07 Å². The van der Waals surface area contributed by atoms with Crippen molar-refractivity contribution >= 4 is 21.6 Å². The van der Waals surface area contributed by atoms with Crippen LogP contribution in [0.1, 0.15) is 17.8 Å². The van der Waals surface area contributed by atoms with Gasteiger partial charge in [0.05, 0.1) is 21.9 Å². The first-order chi connectivity index (χ1) is 7.47. The topological polar surface area (TPSA) is 79.8 Å². The van der Waals surface area contributed by atoms with Crippen LogP contribution < -0.4 is 0 Å². The van der Waals surface area contributed by atoms with Gasteiger partial charge in [-0.3, -0.25) is 10.1 Å². The number of halogens is 3. The summed E-state index contributed by atoms with van der Waals surface area (Å²) in [6.45, 7) is 0. The highest BCUT2D eigenvalue weighted by molar-refractivity contribution is 9.10. The fraction of sp³-hybridized carbons (Fsp3) is 0.250. The van der Waals surface area contributed by atoms with Crippen molar-refractivity contribution in [1.82, 2.24) is 4.98 Å². The van der Waals surface area contributed by atoms with Gasteiger partial charge in [-0.1, -0.05) is 0 Å². The maximum Gasteiger partial charge on any atom is 0.305 e. The number of aromatic nitrogens is 1. The molecular formula is C8H4BrF2N3O2. The quantitative estimate of drug-likeness (QED) is 0.633. The van der Waals surface area contributed by atoms with Crippen molar-refractivity contribution in [3.05, 3.63) is 32.0 Å². The molecule has 0 saturated carbocycles. The van der Waals surface area contributed by atoms with Crippen LogP contribution in [0.5, 0.6) is 0 Å². The van der Waals surface area contributed by atoms with Crippen LogP contribution in [-0.4, -0.2) is 9.91 Å². The third-order valence-corrected chi connectivity index (χ3v) is 2.30. The molecule has 0 fully saturated rings. The summed E-state index contributed by atoms with van der Waals surface area (Å²) < 4.78 is 24.6. The minimum atomic E-state index is -2.84. The molecule has 1 rings (SSSR count). The summed E-state index contributed by atoms with van der Waals surface area (Å²) in [6.07, 6.45) is -3.23. The Kier molecular flexibility index (Phi) is 3.84. The molecule has 0 spiro atoms. The second-order valence-electron chi connectivity index (χ2n) is 2.72. The zero-order valence-corrected chi connectivity index (χ0v) is 9.24. The Morgan fingerprint density at radius 1 is 1.69 bits per heavy atom. The highest BCUT2D eigenvalue weighted by Gasteiger charge is 2.23. The zero-order chi connectivity index (χ0) is 12.3. The number of hydrogen-bond donors (Lipinski definition) is 0. The summed E-state index contributed by atoms with van der Waals surface area (Å²) in [5.41, 5.74) is -1.31. The van der Waals surface area contributed by atoms with E-state index in [1.54, 1.807) is 6.07 Å². The smallest absolute Gasteiger partial charge is 0.258 e. The third-order valence-electron chi connectivity index (χ3n) is 1.69. The van der Waals surface area contributed by atoms with Crippen LogP contribution in [0.4, 0.5) is 14.5 Å². The van der Waals surface area contributed by atoms with E-state index in [1.165, 1.54) is 0 Å². The number of hydrogen-bond acceptors (Lipinski definition) is 4. The van der Waals surface area contributed by atoms with Crippen LogP contribution in [-0.2, 0) is 6.42 Å². The fourth-order valence-corrected chi connectivity index (χ4v) is 1.69. The number of pyridine rings is 1. The summed E-state index contributed by atoms with van der Waals surface area (Å²) in [5, 5.41) is 19.1. The molecule has 0 bridgehead atoms. The molecule has 0 amide bonds. The Labute approximate surface area is 97.0 Å². The van der Waals surface area contributed by atoms with Gasteiger partial charge in [-0.25, -0.2) is 13.8 Å². The Hall–Kier alpha value is -1.62. The number of alkyl halides is 2. The van der Waals surface area contributed by atoms with Crippen LogP contribution in [0.2, 0.25) is 0 Å². The van der Waals surface area contributed by atoms with E-state index in [4.69, 9.17) is 5.26 Å². The van der Waals surface area contributed by atoms with Crippen LogP contribution in [0, 0.1) is 21.4 Å². The molecule has 0 aliphatic rings. The highest BCUT2D eigenvalue weighted by Crippen LogP contribution is 2.31. The van der Waals surface area contributed by atoms with Crippen molar-refractivity contribution in [3.63, 3.8) is 0 Å². The number of nitriles is 1. The Bertz CT molecular complexity index is 473. The van der Waals surface area contributed by atoms with Gasteiger partial charge in [0.2, 0.25) is 0 Å². The van der Waals surface area contributed by atoms with Crippen LogP contribution in [0.25, 0.3) is 0 Å². The SMILES string of the molecule is N#CCc1nc(C(F)F)cc(Br)c1[N+](=O)[O-]. The summed E-state index contributed by atoms with van der Waals surface area (Å²) in [5.74, 6) is 0. The van der Waals surface area contributed by atoms with Gasteiger partial charge in [-0.05, 0) is 22.0 Å². The lowest BCUT2D eigenvalue weighted by atomic mass is 10.2. The predicted molar refractivity (Wildman–Crippen MR) is 52.9 cm³/mol. The van der Waals surface area contributed by atoms with Crippen LogP contribution in [0.3, 0.4) is 0 Å². The zero-order valence-electron chi connectivity index (χ0n) is 7.65. The van der Waals surface area contributed by atoms with Crippen molar-refractivity contribution in [1.29, 1.82) is 5.26 Å². The molecule has 0 aliphatic heterocycles. The molecule has 0 aromatic carbocycles. The molecule has 0 atom stereocenters. The minimum absolute atomic E-state index is 0.104. The Balaban J connectivity index is 3.40. The molecule has 0 aliphatic carbocycles. The molecule has 5 nitrogen and oxygen atoms in total. The molecular weight excluding hydrogens is 288 g/mol. The van der Waals surface area contributed by atoms with E-state index in [0.29, 0.717) is 0 Å². The average Bonchev–Trinajstić information content (AvgIpc) is 2.16. The van der Waals surface area contributed by atoms with Crippen molar-refractivity contribution in [2.24, 2.45) is 0 Å². The van der Waals surface area contributed by atoms with Gasteiger partial charge in [0.15, 0.2) is 0 Å². The second-order valence-corrected chi connectivity index (χ2v) is 3.57. The fourth-order valence-electron chi connectivity index (χ4n) is 1.08. The van der Waals surface area contributed by atoms with Gasteiger partial charge < -0.3 is 0 Å². The Morgan fingerprint density at radius 3 is 2.75 bits per heavy atom. The molecule has 8 heteroatoms. The number of nitrogens with zero attached hydrogens (tertiary/aromatic N) is 3. The van der Waals surface area contributed by atoms with Crippen molar-refractivity contribution < 1.29 is 13.7 Å². The van der Waals surface area contributed by atoms with Crippen LogP contribution >= 0.6 is 15.9 Å². The molecule has 0 saturated heterocycles. The van der Waals surface area contributed by atoms with E-state index >= 15 is 0 Å². The van der Waals surface area contributed by atoms with Gasteiger partial charge in [0, 0.05) is 0 Å². The molecule has 0 unspecified atom stereocenters. The maximum absolute atomic E-state index is 12.4. The Morgan fingerprint density at radius 2 is 2.31 bits per heavy atom. The third kappa shape index (κ3) is 2.49. The lowest BCUT2D eigenvalue weighted by Gasteiger charge is -2.04. The molecule has 1 aromatic rings. The summed E-state index contributed by atoms with van der Waals surface area (Å²) in [6, 6.07) is 2.52. The largest absolute Gasteiger partial charge is 0.305 e. The summed E-state index contributed by atoms with van der Waals surface area (Å²) in [7, 11) is 0. The first kappa shape index (κ1) is 12.4. The van der Waals surface area contributed by atoms with Crippen molar-refractivity contribution in [2.75, 3.05) is 0 Å². The molecule has 0 radical (unpaired) electrons. The van der Waals surface area contributed by atoms with E-state index < -0.39 is 29.2 Å². The lowest BCUT2D eigenvalue weighted by Crippen LogP contribution is -2.03. The predicted octanol–water partition coefficient (Wildman–Crippen LogP) is 2.76. The van der Waals surface area contributed by atoms with Gasteiger partial charge in [-0.2, -0.15) is 5.26 Å². The average molecular weight is 292 g/mol. The molecule has 16 heavy (non-hydrogen) atoms. The standard InChI is InChI=1S/C8H4BrF2N3O2/c9-4-3-6(8(10)11)13-5(1-2-12)7(4)14(15)16/h3,8H,1H2. The van der Waals surface area contributed by atoms with Gasteiger partial charge in [0.25, 0.3) is 6.43 Å². The van der Waals surface area contributed by atoms with E-state index in [-0.39, 0.29) is 10.2 Å². The summed E-state index contributed by atoms with van der Waals surface area (Å²) >= 11 is 2.81. The van der Waals surface area contributed by atoms with E-state index in [9.17, 15) is 18.9 Å². The number of rotatable bonds is 3. The van der Waals surface area contributed by atoms with Gasteiger partial charge in [-0.15, -0.1) is 0 Å².